The Morgan fingerprint density at radius 1 is 1.73 bits per heavy atom. The molecular weight excluding hydrogens is 190 g/mol. The van der Waals surface area contributed by atoms with E-state index in [0.717, 1.165) is 12.0 Å². The minimum atomic E-state index is -2.75. The van der Waals surface area contributed by atoms with Crippen molar-refractivity contribution in [2.24, 2.45) is 22.4 Å². The number of hydrogen-bond acceptors (Lipinski definition) is 3. The maximum atomic E-state index is 11.1. The van der Waals surface area contributed by atoms with Crippen LogP contribution in [-0.2, 0) is 9.63 Å². The molecule has 0 saturated heterocycles. The van der Waals surface area contributed by atoms with Crippen molar-refractivity contribution in [2.75, 3.05) is 0 Å². The van der Waals surface area contributed by atoms with Gasteiger partial charge < -0.3 is 4.84 Å². The zero-order valence-corrected chi connectivity index (χ0v) is 9.20. The number of rotatable bonds is 1. The predicted molar refractivity (Wildman–Crippen MR) is 58.3 cm³/mol. The Hall–Kier alpha value is -1.12. The van der Waals surface area contributed by atoms with Gasteiger partial charge in [0.25, 0.3) is 0 Å². The van der Waals surface area contributed by atoms with Crippen LogP contribution in [0.3, 0.4) is 0 Å². The molecule has 3 nitrogen and oxygen atoms in total. The van der Waals surface area contributed by atoms with Crippen LogP contribution in [0.15, 0.2) is 16.8 Å². The molecule has 2 rings (SSSR count). The van der Waals surface area contributed by atoms with Gasteiger partial charge in [-0.05, 0) is 36.2 Å². The van der Waals surface area contributed by atoms with E-state index in [2.05, 4.69) is 29.9 Å². The largest absolute Gasteiger partial charge is 0.331 e. The van der Waals surface area contributed by atoms with Crippen molar-refractivity contribution < 1.29 is 13.7 Å². The molecule has 0 aromatic rings. The van der Waals surface area contributed by atoms with Crippen LogP contribution in [0.2, 0.25) is 0 Å². The van der Waals surface area contributed by atoms with Gasteiger partial charge in [-0.3, -0.25) is 0 Å². The van der Waals surface area contributed by atoms with Gasteiger partial charge in [0.05, 0.1) is 5.71 Å². The molecule has 3 heteroatoms. The standard InChI is InChI=1S/C12H17NO2/c1-7-5-9-10(12(9,3)4)6-11(7)13-15-8(2)14/h5,9-10H,6H2,1-4H3/b13-11+/t9-,10+/m0/s1/i2D3. The minimum absolute atomic E-state index is 0.270. The van der Waals surface area contributed by atoms with Crippen LogP contribution >= 0.6 is 0 Å². The number of nitrogens with zero attached hydrogens (tertiary/aromatic N) is 1. The normalized spacial score (nSPS) is 38.2. The summed E-state index contributed by atoms with van der Waals surface area (Å²) in [4.78, 5) is 15.6. The number of oxime groups is 1. The highest BCUT2D eigenvalue weighted by Gasteiger charge is 2.58. The van der Waals surface area contributed by atoms with Crippen molar-refractivity contribution in [3.05, 3.63) is 11.6 Å². The lowest BCUT2D eigenvalue weighted by Gasteiger charge is -2.09. The molecule has 0 unspecified atom stereocenters. The van der Waals surface area contributed by atoms with Gasteiger partial charge in [-0.25, -0.2) is 4.79 Å². The molecule has 82 valence electrons. The molecule has 2 aliphatic rings. The third-order valence-electron chi connectivity index (χ3n) is 3.68. The van der Waals surface area contributed by atoms with Crippen LogP contribution in [0.5, 0.6) is 0 Å². The summed E-state index contributed by atoms with van der Waals surface area (Å²) in [6.45, 7) is 3.55. The Bertz CT molecular complexity index is 449. The fourth-order valence-corrected chi connectivity index (χ4v) is 2.45. The lowest BCUT2D eigenvalue weighted by molar-refractivity contribution is -0.140. The smallest absolute Gasteiger partial charge is 0.318 e. The zero-order chi connectivity index (χ0) is 13.7. The van der Waals surface area contributed by atoms with E-state index in [9.17, 15) is 4.79 Å². The molecule has 0 bridgehead atoms. The van der Waals surface area contributed by atoms with Crippen molar-refractivity contribution in [1.82, 2.24) is 0 Å². The van der Waals surface area contributed by atoms with Crippen molar-refractivity contribution in [1.29, 1.82) is 0 Å². The lowest BCUT2D eigenvalue weighted by Crippen LogP contribution is -2.09. The van der Waals surface area contributed by atoms with Gasteiger partial charge >= 0.3 is 5.97 Å². The second kappa shape index (κ2) is 3.19. The van der Waals surface area contributed by atoms with E-state index in [1.165, 1.54) is 0 Å². The summed E-state index contributed by atoms with van der Waals surface area (Å²) in [5.74, 6) is -0.193. The molecule has 0 N–H and O–H groups in total. The zero-order valence-electron chi connectivity index (χ0n) is 12.2. The lowest BCUT2D eigenvalue weighted by atomic mass is 9.99. The number of hydrogen-bond donors (Lipinski definition) is 0. The minimum Gasteiger partial charge on any atom is -0.318 e. The van der Waals surface area contributed by atoms with Crippen molar-refractivity contribution in [3.63, 3.8) is 0 Å². The van der Waals surface area contributed by atoms with Crippen LogP contribution < -0.4 is 0 Å². The molecule has 0 heterocycles. The summed E-state index contributed by atoms with van der Waals surface area (Å²) < 4.78 is 20.7. The number of fused-ring (bicyclic) bond motifs is 1. The molecule has 2 atom stereocenters. The maximum absolute atomic E-state index is 11.1. The number of carbonyl (C=O) groups is 1. The highest BCUT2D eigenvalue weighted by molar-refractivity contribution is 6.01. The predicted octanol–water partition coefficient (Wildman–Crippen LogP) is 2.53. The average Bonchev–Trinajstić information content (AvgIpc) is 2.75. The Balaban J connectivity index is 2.06. The first-order valence-corrected chi connectivity index (χ1v) is 5.11. The number of carbonyl (C=O) groups excluding carboxylic acids is 1. The third kappa shape index (κ3) is 1.71. The summed E-state index contributed by atoms with van der Waals surface area (Å²) in [5.41, 5.74) is 1.92. The monoisotopic (exact) mass is 210 g/mol. The Labute approximate surface area is 94.4 Å². The molecular formula is C12H17NO2. The highest BCUT2D eigenvalue weighted by atomic mass is 16.7. The summed E-state index contributed by atoms with van der Waals surface area (Å²) in [7, 11) is 0. The molecule has 2 aliphatic carbocycles. The van der Waals surface area contributed by atoms with E-state index in [1.54, 1.807) is 0 Å². The molecule has 0 aromatic carbocycles. The van der Waals surface area contributed by atoms with Gasteiger partial charge in [-0.2, -0.15) is 0 Å². The van der Waals surface area contributed by atoms with Crippen LogP contribution in [-0.4, -0.2) is 11.7 Å². The van der Waals surface area contributed by atoms with E-state index < -0.39 is 12.8 Å². The molecule has 0 amide bonds. The first-order chi connectivity index (χ1) is 8.14. The third-order valence-corrected chi connectivity index (χ3v) is 3.68. The van der Waals surface area contributed by atoms with Crippen LogP contribution in [0, 0.1) is 17.3 Å². The van der Waals surface area contributed by atoms with E-state index in [0.29, 0.717) is 17.5 Å². The highest BCUT2D eigenvalue weighted by Crippen LogP contribution is 2.63. The van der Waals surface area contributed by atoms with E-state index >= 15 is 0 Å². The molecule has 0 spiro atoms. The molecule has 0 aromatic heterocycles. The van der Waals surface area contributed by atoms with Crippen molar-refractivity contribution >= 4 is 11.7 Å². The second-order valence-corrected chi connectivity index (χ2v) is 4.92. The van der Waals surface area contributed by atoms with Crippen LogP contribution in [0.25, 0.3) is 0 Å². The van der Waals surface area contributed by atoms with Gasteiger partial charge in [0, 0.05) is 11.0 Å². The molecule has 1 saturated carbocycles. The summed E-state index contributed by atoms with van der Waals surface area (Å²) in [6.07, 6.45) is 2.88. The van der Waals surface area contributed by atoms with E-state index in [1.807, 2.05) is 6.92 Å². The summed E-state index contributed by atoms with van der Waals surface area (Å²) in [5, 5.41) is 3.71. The Morgan fingerprint density at radius 2 is 2.47 bits per heavy atom. The van der Waals surface area contributed by atoms with Crippen LogP contribution in [0.4, 0.5) is 0 Å². The van der Waals surface area contributed by atoms with Gasteiger partial charge in [-0.15, -0.1) is 0 Å². The van der Waals surface area contributed by atoms with Gasteiger partial charge in [-0.1, -0.05) is 25.1 Å². The quantitative estimate of drug-likeness (QED) is 0.492. The average molecular weight is 210 g/mol. The topological polar surface area (TPSA) is 38.7 Å². The summed E-state index contributed by atoms with van der Waals surface area (Å²) >= 11 is 0. The van der Waals surface area contributed by atoms with Crippen molar-refractivity contribution in [3.8, 4) is 0 Å². The summed E-state index contributed by atoms with van der Waals surface area (Å²) in [6, 6.07) is 0. The molecule has 1 fully saturated rings. The van der Waals surface area contributed by atoms with Gasteiger partial charge in [0.2, 0.25) is 0 Å². The fourth-order valence-electron chi connectivity index (χ4n) is 2.45. The first kappa shape index (κ1) is 7.20. The Morgan fingerprint density at radius 3 is 3.13 bits per heavy atom. The maximum Gasteiger partial charge on any atom is 0.331 e. The second-order valence-electron chi connectivity index (χ2n) is 4.92. The van der Waals surface area contributed by atoms with E-state index in [-0.39, 0.29) is 5.41 Å². The fraction of sp³-hybridized carbons (Fsp3) is 0.667. The number of allylic oxidation sites excluding steroid dienone is 2. The van der Waals surface area contributed by atoms with E-state index in [4.69, 9.17) is 4.11 Å². The van der Waals surface area contributed by atoms with Gasteiger partial charge in [0.15, 0.2) is 0 Å². The molecule has 0 radical (unpaired) electrons. The molecule has 0 aliphatic heterocycles. The van der Waals surface area contributed by atoms with Crippen molar-refractivity contribution in [2.45, 2.75) is 34.0 Å². The molecule has 15 heavy (non-hydrogen) atoms. The SMILES string of the molecule is [2H]C([2H])([2H])C(=O)O/N=C1\C[C@@H]2[C@H](C=C1C)C2(C)C. The Kier molecular flexibility index (Phi) is 1.53. The first-order valence-electron chi connectivity index (χ1n) is 6.61. The van der Waals surface area contributed by atoms with Crippen LogP contribution in [0.1, 0.15) is 38.2 Å². The van der Waals surface area contributed by atoms with Gasteiger partial charge in [0.1, 0.15) is 0 Å².